The van der Waals surface area contributed by atoms with Crippen LogP contribution in [0.25, 0.3) is 21.9 Å². The van der Waals surface area contributed by atoms with Crippen molar-refractivity contribution in [1.82, 2.24) is 4.90 Å². The number of rotatable bonds is 12. The molecular weight excluding hydrogens is 741 g/mol. The topological polar surface area (TPSA) is 185 Å². The Bertz CT molecular complexity index is 2300. The molecule has 2 aliphatic rings. The second kappa shape index (κ2) is 18.5. The van der Waals surface area contributed by atoms with E-state index in [-0.39, 0.29) is 48.2 Å². The van der Waals surface area contributed by atoms with Gasteiger partial charge in [0.15, 0.2) is 5.76 Å². The van der Waals surface area contributed by atoms with Crippen molar-refractivity contribution in [3.63, 3.8) is 0 Å². The number of nitro groups is 1. The quantitative estimate of drug-likeness (QED) is 0.0624. The van der Waals surface area contributed by atoms with Crippen LogP contribution in [-0.2, 0) is 9.59 Å². The molecule has 2 aliphatic carbocycles. The minimum absolute atomic E-state index is 0.0167. The molecule has 2 fully saturated rings. The van der Waals surface area contributed by atoms with Gasteiger partial charge in [-0.05, 0) is 94.0 Å². The van der Waals surface area contributed by atoms with Crippen LogP contribution in [0.2, 0.25) is 0 Å². The van der Waals surface area contributed by atoms with Crippen LogP contribution < -0.4 is 10.6 Å². The smallest absolute Gasteiger partial charge is 0.305 e. The maximum absolute atomic E-state index is 12.7. The number of carboxylic acids is 1. The van der Waals surface area contributed by atoms with Gasteiger partial charge in [0.2, 0.25) is 11.7 Å². The lowest BCUT2D eigenvalue weighted by molar-refractivity contribution is -0.384. The van der Waals surface area contributed by atoms with E-state index in [0.29, 0.717) is 33.8 Å². The normalized spacial score (nSPS) is 15.3. The van der Waals surface area contributed by atoms with Crippen LogP contribution in [0.4, 0.5) is 17.1 Å². The number of nitrogens with zero attached hydrogens (tertiary/aromatic N) is 2. The van der Waals surface area contributed by atoms with Gasteiger partial charge in [0.1, 0.15) is 16.9 Å². The van der Waals surface area contributed by atoms with Crippen molar-refractivity contribution in [2.45, 2.75) is 97.4 Å². The molecule has 0 bridgehead atoms. The van der Waals surface area contributed by atoms with E-state index in [1.807, 2.05) is 30.3 Å². The van der Waals surface area contributed by atoms with Gasteiger partial charge in [-0.15, -0.1) is 0 Å². The molecule has 5 aromatic rings. The molecule has 13 nitrogen and oxygen atoms in total. The monoisotopic (exact) mass is 792 g/mol. The summed E-state index contributed by atoms with van der Waals surface area (Å²) < 4.78 is 12.1. The highest BCUT2D eigenvalue weighted by atomic mass is 16.6. The summed E-state index contributed by atoms with van der Waals surface area (Å²) in [7, 11) is 1.61. The lowest BCUT2D eigenvalue weighted by Crippen LogP contribution is -2.29. The predicted octanol–water partition coefficient (Wildman–Crippen LogP) is 10.4. The molecule has 0 aliphatic heterocycles. The molecule has 3 aromatic carbocycles. The van der Waals surface area contributed by atoms with E-state index in [1.165, 1.54) is 49.6 Å². The van der Waals surface area contributed by atoms with Gasteiger partial charge in [-0.25, -0.2) is 0 Å². The molecule has 2 heterocycles. The predicted molar refractivity (Wildman–Crippen MR) is 222 cm³/mol. The number of aryl methyl sites for hydroxylation is 2. The van der Waals surface area contributed by atoms with Gasteiger partial charge in [-0.1, -0.05) is 38.5 Å². The minimum Gasteiger partial charge on any atom is -0.481 e. The van der Waals surface area contributed by atoms with Crippen molar-refractivity contribution in [3.8, 4) is 0 Å². The number of Topliss-reactive ketones (excluding diaryl/α,β-unsaturated/α-hetero) is 1. The zero-order valence-electron chi connectivity index (χ0n) is 33.6. The molecule has 2 saturated carbocycles. The number of carboxylic acid groups (broad SMARTS) is 1. The van der Waals surface area contributed by atoms with E-state index >= 15 is 0 Å². The SMILES string of the molecule is CC(=O)Nc1ccc2oc(C(Nc3ccc(C(=O)N(C)CCC(=O)O)cc3)C3CCCCC3)c(C)c2c1.Cc1c(C(=O)C2CCCCC2)oc2ccc([N+](=O)[O-])cc12. The second-order valence-electron chi connectivity index (χ2n) is 15.6. The Hall–Kier alpha value is -5.98. The highest BCUT2D eigenvalue weighted by Crippen LogP contribution is 2.41. The number of hydrogen-bond acceptors (Lipinski definition) is 9. The summed E-state index contributed by atoms with van der Waals surface area (Å²) in [6, 6.07) is 17.4. The molecule has 58 heavy (non-hydrogen) atoms. The largest absolute Gasteiger partial charge is 0.481 e. The first-order chi connectivity index (χ1) is 27.8. The van der Waals surface area contributed by atoms with Gasteiger partial charge >= 0.3 is 5.97 Å². The molecule has 306 valence electrons. The average Bonchev–Trinajstić information content (AvgIpc) is 3.74. The number of fused-ring (bicyclic) bond motifs is 2. The van der Waals surface area contributed by atoms with E-state index in [4.69, 9.17) is 13.9 Å². The fourth-order valence-electron chi connectivity index (χ4n) is 8.26. The van der Waals surface area contributed by atoms with E-state index in [0.717, 1.165) is 72.2 Å². The number of carbonyl (C=O) groups excluding carboxylic acids is 3. The molecule has 2 aromatic heterocycles. The molecule has 7 rings (SSSR count). The molecule has 2 amide bonds. The number of furan rings is 2. The number of amides is 2. The third-order valence-corrected chi connectivity index (χ3v) is 11.5. The fourth-order valence-corrected chi connectivity index (χ4v) is 8.26. The zero-order chi connectivity index (χ0) is 41.5. The van der Waals surface area contributed by atoms with Gasteiger partial charge in [0.05, 0.1) is 17.4 Å². The second-order valence-corrected chi connectivity index (χ2v) is 15.6. The molecule has 0 radical (unpaired) electrons. The molecule has 1 atom stereocenters. The van der Waals surface area contributed by atoms with Crippen LogP contribution >= 0.6 is 0 Å². The maximum Gasteiger partial charge on any atom is 0.305 e. The number of anilines is 2. The van der Waals surface area contributed by atoms with Gasteiger partial charge < -0.3 is 29.5 Å². The Kier molecular flexibility index (Phi) is 13.3. The van der Waals surface area contributed by atoms with E-state index in [1.54, 1.807) is 32.2 Å². The highest BCUT2D eigenvalue weighted by molar-refractivity contribution is 6.02. The molecule has 1 unspecified atom stereocenters. The van der Waals surface area contributed by atoms with Crippen molar-refractivity contribution < 1.29 is 38.0 Å². The first kappa shape index (κ1) is 41.6. The van der Waals surface area contributed by atoms with Crippen LogP contribution in [0.1, 0.15) is 121 Å². The zero-order valence-corrected chi connectivity index (χ0v) is 33.6. The van der Waals surface area contributed by atoms with Crippen LogP contribution in [0, 0.1) is 35.8 Å². The Balaban J connectivity index is 0.000000227. The van der Waals surface area contributed by atoms with Crippen molar-refractivity contribution >= 4 is 62.6 Å². The summed E-state index contributed by atoms with van der Waals surface area (Å²) >= 11 is 0. The van der Waals surface area contributed by atoms with Crippen LogP contribution in [0.3, 0.4) is 0 Å². The van der Waals surface area contributed by atoms with Crippen molar-refractivity contribution in [2.75, 3.05) is 24.2 Å². The number of ketones is 1. The molecule has 0 saturated heterocycles. The van der Waals surface area contributed by atoms with Crippen LogP contribution in [0.5, 0.6) is 0 Å². The van der Waals surface area contributed by atoms with E-state index in [9.17, 15) is 29.3 Å². The number of nitrogens with one attached hydrogen (secondary N) is 2. The van der Waals surface area contributed by atoms with Crippen LogP contribution in [0.15, 0.2) is 69.5 Å². The minimum atomic E-state index is -0.930. The van der Waals surface area contributed by atoms with Crippen molar-refractivity contribution in [3.05, 3.63) is 99.0 Å². The summed E-state index contributed by atoms with van der Waals surface area (Å²) in [5.74, 6) is 0.510. The van der Waals surface area contributed by atoms with Gasteiger partial charge in [-0.3, -0.25) is 29.3 Å². The van der Waals surface area contributed by atoms with E-state index < -0.39 is 10.9 Å². The van der Waals surface area contributed by atoms with Gasteiger partial charge in [0, 0.05) is 77.4 Å². The standard InChI is InChI=1S/C29H35N3O5.C16H17NO4/c1-18-24-17-23(30-19(2)33)13-14-25(24)37-28(18)27(20-7-5-4-6-8-20)31-22-11-9-21(10-12-22)29(36)32(3)16-15-26(34)35;1-10-13-9-12(17(19)20)7-8-14(13)21-16(10)15(18)11-5-3-2-4-6-11/h9-14,17,20,27,31H,4-8,15-16H2,1-3H3,(H,30,33)(H,34,35);7-9,11H,2-6H2,1H3. The summed E-state index contributed by atoms with van der Waals surface area (Å²) in [5.41, 5.74) is 5.25. The maximum atomic E-state index is 12.7. The summed E-state index contributed by atoms with van der Waals surface area (Å²) in [5, 5.41) is 27.9. The Morgan fingerprint density at radius 3 is 2.07 bits per heavy atom. The van der Waals surface area contributed by atoms with Crippen molar-refractivity contribution in [1.29, 1.82) is 0 Å². The Morgan fingerprint density at radius 1 is 0.828 bits per heavy atom. The third-order valence-electron chi connectivity index (χ3n) is 11.5. The highest BCUT2D eigenvalue weighted by Gasteiger charge is 2.31. The number of carbonyl (C=O) groups is 4. The summed E-state index contributed by atoms with van der Waals surface area (Å²) in [4.78, 5) is 59.4. The van der Waals surface area contributed by atoms with Gasteiger partial charge in [-0.2, -0.15) is 0 Å². The van der Waals surface area contributed by atoms with Crippen molar-refractivity contribution in [2.24, 2.45) is 11.8 Å². The Labute approximate surface area is 337 Å². The fraction of sp³-hybridized carbons (Fsp3) is 0.422. The number of hydrogen-bond donors (Lipinski definition) is 3. The average molecular weight is 793 g/mol. The molecular formula is C45H52N4O9. The summed E-state index contributed by atoms with van der Waals surface area (Å²) in [6.07, 6.45) is 10.9. The number of nitro benzene ring substituents is 1. The number of aliphatic carboxylic acids is 1. The molecule has 13 heteroatoms. The lowest BCUT2D eigenvalue weighted by Gasteiger charge is -2.31. The third kappa shape index (κ3) is 9.75. The van der Waals surface area contributed by atoms with Crippen LogP contribution in [-0.4, -0.2) is 52.1 Å². The van der Waals surface area contributed by atoms with E-state index in [2.05, 4.69) is 17.6 Å². The Morgan fingerprint density at radius 2 is 1.43 bits per heavy atom. The number of benzene rings is 3. The summed E-state index contributed by atoms with van der Waals surface area (Å²) in [6.45, 7) is 5.51. The lowest BCUT2D eigenvalue weighted by atomic mass is 9.82. The first-order valence-corrected chi connectivity index (χ1v) is 20.2. The molecule has 0 spiro atoms. The molecule has 3 N–H and O–H groups in total. The van der Waals surface area contributed by atoms with Gasteiger partial charge in [0.25, 0.3) is 11.6 Å². The number of non-ortho nitro benzene ring substituents is 1. The first-order valence-electron chi connectivity index (χ1n) is 20.2.